The van der Waals surface area contributed by atoms with Gasteiger partial charge >= 0.3 is 12.0 Å². The van der Waals surface area contributed by atoms with Gasteiger partial charge in [0.05, 0.1) is 28.3 Å². The van der Waals surface area contributed by atoms with Crippen molar-refractivity contribution in [3.8, 4) is 0 Å². The number of nitrogens with zero attached hydrogens (tertiary/aromatic N) is 1. The van der Waals surface area contributed by atoms with Gasteiger partial charge in [-0.25, -0.2) is 9.59 Å². The summed E-state index contributed by atoms with van der Waals surface area (Å²) < 4.78 is 5.21. The number of allylic oxidation sites excluding steroid dienone is 1. The number of ether oxygens (including phenoxy) is 1. The summed E-state index contributed by atoms with van der Waals surface area (Å²) in [6.07, 6.45) is 1.89. The van der Waals surface area contributed by atoms with E-state index in [1.165, 1.54) is 0 Å². The van der Waals surface area contributed by atoms with E-state index in [1.54, 1.807) is 36.9 Å². The molecular weight excluding hydrogens is 351 g/mol. The van der Waals surface area contributed by atoms with E-state index in [4.69, 9.17) is 27.9 Å². The van der Waals surface area contributed by atoms with Crippen LogP contribution in [0.2, 0.25) is 10.0 Å². The van der Waals surface area contributed by atoms with Crippen LogP contribution in [-0.4, -0.2) is 29.5 Å². The van der Waals surface area contributed by atoms with Crippen LogP contribution in [0.1, 0.15) is 38.3 Å². The first-order valence-electron chi connectivity index (χ1n) is 7.86. The van der Waals surface area contributed by atoms with E-state index in [0.717, 1.165) is 12.8 Å². The summed E-state index contributed by atoms with van der Waals surface area (Å²) in [6, 6.07) is 4.40. The van der Waals surface area contributed by atoms with Gasteiger partial charge in [-0.3, -0.25) is 4.90 Å². The quantitative estimate of drug-likeness (QED) is 0.815. The number of urea groups is 1. The highest BCUT2D eigenvalue weighted by molar-refractivity contribution is 6.42. The molecule has 5 nitrogen and oxygen atoms in total. The summed E-state index contributed by atoms with van der Waals surface area (Å²) in [5, 5.41) is 3.68. The number of rotatable bonds is 4. The van der Waals surface area contributed by atoms with E-state index in [-0.39, 0.29) is 18.7 Å². The van der Waals surface area contributed by atoms with E-state index in [9.17, 15) is 9.59 Å². The van der Waals surface area contributed by atoms with E-state index in [2.05, 4.69) is 5.32 Å². The van der Waals surface area contributed by atoms with Gasteiger partial charge in [0, 0.05) is 11.7 Å². The number of hydrogen-bond acceptors (Lipinski definition) is 3. The molecule has 1 saturated carbocycles. The molecule has 2 aliphatic rings. The minimum Gasteiger partial charge on any atom is -0.463 e. The molecule has 24 heavy (non-hydrogen) atoms. The van der Waals surface area contributed by atoms with Gasteiger partial charge in [0.15, 0.2) is 0 Å². The second kappa shape index (κ2) is 6.65. The minimum atomic E-state index is -0.610. The Hall–Kier alpha value is -1.72. The van der Waals surface area contributed by atoms with Crippen LogP contribution in [0.25, 0.3) is 0 Å². The Morgan fingerprint density at radius 3 is 2.62 bits per heavy atom. The number of hydrogen-bond donors (Lipinski definition) is 1. The lowest BCUT2D eigenvalue weighted by Crippen LogP contribution is -2.48. The van der Waals surface area contributed by atoms with Crippen LogP contribution in [0, 0.1) is 0 Å². The van der Waals surface area contributed by atoms with Crippen LogP contribution in [-0.2, 0) is 9.53 Å². The molecule has 3 rings (SSSR count). The van der Waals surface area contributed by atoms with Crippen LogP contribution < -0.4 is 5.32 Å². The van der Waals surface area contributed by atoms with Gasteiger partial charge < -0.3 is 10.1 Å². The highest BCUT2D eigenvalue weighted by Crippen LogP contribution is 2.38. The predicted octanol–water partition coefficient (Wildman–Crippen LogP) is 4.06. The monoisotopic (exact) mass is 368 g/mol. The second-order valence-electron chi connectivity index (χ2n) is 5.88. The number of amides is 2. The lowest BCUT2D eigenvalue weighted by Gasteiger charge is -2.35. The van der Waals surface area contributed by atoms with E-state index < -0.39 is 12.0 Å². The number of carbonyl (C=O) groups excluding carboxylic acids is 2. The first-order chi connectivity index (χ1) is 11.4. The van der Waals surface area contributed by atoms with Crippen molar-refractivity contribution in [2.75, 3.05) is 6.61 Å². The van der Waals surface area contributed by atoms with Crippen molar-refractivity contribution in [3.05, 3.63) is 45.1 Å². The largest absolute Gasteiger partial charge is 0.463 e. The Balaban J connectivity index is 2.07. The van der Waals surface area contributed by atoms with Crippen molar-refractivity contribution in [2.45, 2.75) is 38.8 Å². The Morgan fingerprint density at radius 2 is 2.04 bits per heavy atom. The highest BCUT2D eigenvalue weighted by Gasteiger charge is 2.42. The molecule has 128 valence electrons. The van der Waals surface area contributed by atoms with E-state index >= 15 is 0 Å². The van der Waals surface area contributed by atoms with Gasteiger partial charge in [-0.15, -0.1) is 0 Å². The summed E-state index contributed by atoms with van der Waals surface area (Å²) >= 11 is 12.1. The first-order valence-corrected chi connectivity index (χ1v) is 8.62. The molecule has 0 bridgehead atoms. The summed E-state index contributed by atoms with van der Waals surface area (Å²) in [4.78, 5) is 26.7. The molecule has 1 heterocycles. The average Bonchev–Trinajstić information content (AvgIpc) is 3.34. The molecule has 2 amide bonds. The average molecular weight is 369 g/mol. The third-order valence-electron chi connectivity index (χ3n) is 4.21. The van der Waals surface area contributed by atoms with Gasteiger partial charge in [0.1, 0.15) is 0 Å². The Kier molecular flexibility index (Phi) is 4.74. The molecule has 1 N–H and O–H groups in total. The van der Waals surface area contributed by atoms with Crippen molar-refractivity contribution in [3.63, 3.8) is 0 Å². The fraction of sp³-hybridized carbons (Fsp3) is 0.412. The van der Waals surface area contributed by atoms with Crippen LogP contribution >= 0.6 is 23.2 Å². The van der Waals surface area contributed by atoms with Crippen LogP contribution in [0.15, 0.2) is 29.5 Å². The molecule has 0 spiro atoms. The minimum absolute atomic E-state index is 0.157. The SMILES string of the molecule is CCOC(=O)C1=C(C)N(C2CC2)C(=O)NC1c1ccc(Cl)c(Cl)c1. The maximum Gasteiger partial charge on any atom is 0.338 e. The van der Waals surface area contributed by atoms with Crippen LogP contribution in [0.4, 0.5) is 4.79 Å². The molecule has 1 aliphatic heterocycles. The molecule has 0 saturated heterocycles. The van der Waals surface area contributed by atoms with E-state index in [0.29, 0.717) is 26.9 Å². The van der Waals surface area contributed by atoms with Crippen molar-refractivity contribution < 1.29 is 14.3 Å². The van der Waals surface area contributed by atoms with Crippen LogP contribution in [0.3, 0.4) is 0 Å². The van der Waals surface area contributed by atoms with Gasteiger partial charge in [0.25, 0.3) is 0 Å². The molecule has 0 aromatic heterocycles. The zero-order valence-electron chi connectivity index (χ0n) is 13.4. The fourth-order valence-corrected chi connectivity index (χ4v) is 3.25. The second-order valence-corrected chi connectivity index (χ2v) is 6.69. The molecule has 7 heteroatoms. The number of carbonyl (C=O) groups is 2. The lowest BCUT2D eigenvalue weighted by molar-refractivity contribution is -0.139. The maximum absolute atomic E-state index is 12.5. The van der Waals surface area contributed by atoms with Gasteiger partial charge in [-0.2, -0.15) is 0 Å². The third-order valence-corrected chi connectivity index (χ3v) is 4.95. The number of esters is 1. The summed E-state index contributed by atoms with van der Waals surface area (Å²) in [5.74, 6) is -0.434. The van der Waals surface area contributed by atoms with Crippen molar-refractivity contribution in [1.82, 2.24) is 10.2 Å². The summed E-state index contributed by atoms with van der Waals surface area (Å²) in [6.45, 7) is 3.80. The molecule has 1 atom stereocenters. The Morgan fingerprint density at radius 1 is 1.33 bits per heavy atom. The van der Waals surface area contributed by atoms with Gasteiger partial charge in [-0.05, 0) is 44.4 Å². The lowest BCUT2D eigenvalue weighted by atomic mass is 9.95. The smallest absolute Gasteiger partial charge is 0.338 e. The highest BCUT2D eigenvalue weighted by atomic mass is 35.5. The summed E-state index contributed by atoms with van der Waals surface area (Å²) in [5.41, 5.74) is 1.76. The molecule has 1 fully saturated rings. The fourth-order valence-electron chi connectivity index (χ4n) is 2.94. The molecule has 0 radical (unpaired) electrons. The zero-order chi connectivity index (χ0) is 17.4. The number of benzene rings is 1. The topological polar surface area (TPSA) is 58.6 Å². The molecule has 1 unspecified atom stereocenters. The standard InChI is InChI=1S/C17H18Cl2N2O3/c1-3-24-16(22)14-9(2)21(11-5-6-11)17(23)20-15(14)10-4-7-12(18)13(19)8-10/h4,7-8,11,15H,3,5-6H2,1-2H3,(H,20,23). The molecule has 1 aromatic carbocycles. The Labute approximate surface area is 150 Å². The van der Waals surface area contributed by atoms with E-state index in [1.807, 2.05) is 0 Å². The van der Waals surface area contributed by atoms with Crippen molar-refractivity contribution in [1.29, 1.82) is 0 Å². The van der Waals surface area contributed by atoms with Crippen LogP contribution in [0.5, 0.6) is 0 Å². The predicted molar refractivity (Wildman–Crippen MR) is 91.9 cm³/mol. The van der Waals surface area contributed by atoms with Crippen molar-refractivity contribution in [2.24, 2.45) is 0 Å². The number of halogens is 2. The first kappa shape index (κ1) is 17.1. The summed E-state index contributed by atoms with van der Waals surface area (Å²) in [7, 11) is 0. The van der Waals surface area contributed by atoms with Gasteiger partial charge in [0.2, 0.25) is 0 Å². The Bertz CT molecular complexity index is 729. The maximum atomic E-state index is 12.5. The van der Waals surface area contributed by atoms with Crippen molar-refractivity contribution >= 4 is 35.2 Å². The number of nitrogens with one attached hydrogen (secondary N) is 1. The molecule has 1 aromatic rings. The zero-order valence-corrected chi connectivity index (χ0v) is 14.9. The molecular formula is C17H18Cl2N2O3. The van der Waals surface area contributed by atoms with Gasteiger partial charge in [-0.1, -0.05) is 29.3 Å². The third kappa shape index (κ3) is 3.10. The molecule has 1 aliphatic carbocycles. The normalized spacial score (nSPS) is 20.9.